The van der Waals surface area contributed by atoms with Crippen molar-refractivity contribution in [3.8, 4) is 0 Å². The zero-order valence-corrected chi connectivity index (χ0v) is 17.9. The van der Waals surface area contributed by atoms with Crippen LogP contribution in [-0.4, -0.2) is 46.8 Å². The van der Waals surface area contributed by atoms with E-state index in [2.05, 4.69) is 33.4 Å². The Balaban J connectivity index is 1.51. The van der Waals surface area contributed by atoms with Crippen LogP contribution in [0.4, 0.5) is 17.6 Å². The SMILES string of the molecule is C[C@@H]1CCCCN1c1cc(N2CCCC2)nc(NC(=S)NC2CCCCC2)n1. The van der Waals surface area contributed by atoms with E-state index in [0.29, 0.717) is 23.1 Å². The maximum Gasteiger partial charge on any atom is 0.232 e. The van der Waals surface area contributed by atoms with Gasteiger partial charge in [-0.1, -0.05) is 19.3 Å². The van der Waals surface area contributed by atoms with Crippen LogP contribution in [0.3, 0.4) is 0 Å². The molecule has 6 nitrogen and oxygen atoms in total. The van der Waals surface area contributed by atoms with Crippen LogP contribution >= 0.6 is 12.2 Å². The summed E-state index contributed by atoms with van der Waals surface area (Å²) in [6.07, 6.45) is 12.6. The number of nitrogens with one attached hydrogen (secondary N) is 2. The first-order chi connectivity index (χ1) is 13.7. The van der Waals surface area contributed by atoms with Gasteiger partial charge in [-0.25, -0.2) is 0 Å². The summed E-state index contributed by atoms with van der Waals surface area (Å²) in [7, 11) is 0. The van der Waals surface area contributed by atoms with Crippen molar-refractivity contribution in [1.82, 2.24) is 15.3 Å². The smallest absolute Gasteiger partial charge is 0.232 e. The molecule has 7 heteroatoms. The zero-order chi connectivity index (χ0) is 19.3. The van der Waals surface area contributed by atoms with E-state index in [1.165, 1.54) is 64.2 Å². The molecule has 0 aromatic carbocycles. The summed E-state index contributed by atoms with van der Waals surface area (Å²) >= 11 is 5.59. The molecular formula is C21H34N6S. The predicted octanol–water partition coefficient (Wildman–Crippen LogP) is 4.07. The summed E-state index contributed by atoms with van der Waals surface area (Å²) in [5.74, 6) is 2.70. The molecule has 2 N–H and O–H groups in total. The van der Waals surface area contributed by atoms with Crippen LogP contribution in [-0.2, 0) is 0 Å². The lowest BCUT2D eigenvalue weighted by atomic mass is 9.96. The van der Waals surface area contributed by atoms with Gasteiger partial charge in [0.2, 0.25) is 5.95 Å². The monoisotopic (exact) mass is 402 g/mol. The second kappa shape index (κ2) is 9.25. The average Bonchev–Trinajstić information content (AvgIpc) is 3.24. The molecule has 2 saturated heterocycles. The Morgan fingerprint density at radius 1 is 0.929 bits per heavy atom. The molecule has 1 atom stereocenters. The highest BCUT2D eigenvalue weighted by atomic mass is 32.1. The first-order valence-electron chi connectivity index (χ1n) is 11.2. The fraction of sp³-hybridized carbons (Fsp3) is 0.762. The molecule has 3 aliphatic rings. The molecule has 1 aromatic heterocycles. The van der Waals surface area contributed by atoms with Gasteiger partial charge in [0.05, 0.1) is 0 Å². The lowest BCUT2D eigenvalue weighted by Crippen LogP contribution is -2.40. The van der Waals surface area contributed by atoms with Crippen molar-refractivity contribution in [3.05, 3.63) is 6.07 Å². The van der Waals surface area contributed by atoms with Crippen molar-refractivity contribution in [1.29, 1.82) is 0 Å². The maximum absolute atomic E-state index is 5.59. The zero-order valence-electron chi connectivity index (χ0n) is 17.1. The Morgan fingerprint density at radius 3 is 2.36 bits per heavy atom. The molecule has 3 heterocycles. The first kappa shape index (κ1) is 19.7. The third kappa shape index (κ3) is 4.85. The van der Waals surface area contributed by atoms with E-state index < -0.39 is 0 Å². The quantitative estimate of drug-likeness (QED) is 0.736. The van der Waals surface area contributed by atoms with Crippen molar-refractivity contribution in [2.45, 2.75) is 83.2 Å². The van der Waals surface area contributed by atoms with Crippen molar-refractivity contribution in [3.63, 3.8) is 0 Å². The molecule has 0 spiro atoms. The molecule has 3 fully saturated rings. The minimum absolute atomic E-state index is 0.483. The molecule has 0 radical (unpaired) electrons. The number of rotatable bonds is 4. The fourth-order valence-electron chi connectivity index (χ4n) is 4.74. The van der Waals surface area contributed by atoms with E-state index in [9.17, 15) is 0 Å². The standard InChI is InChI=1S/C21H34N6S/c1-16-9-5-6-14-27(16)19-15-18(26-12-7-8-13-26)23-20(24-19)25-21(28)22-17-10-3-2-4-11-17/h15-17H,2-14H2,1H3,(H2,22,23,24,25,28)/t16-/m1/s1. The van der Waals surface area contributed by atoms with Crippen molar-refractivity contribution < 1.29 is 0 Å². The lowest BCUT2D eigenvalue weighted by Gasteiger charge is -2.35. The molecule has 0 amide bonds. The summed E-state index contributed by atoms with van der Waals surface area (Å²) in [6.45, 7) is 5.54. The molecule has 2 aliphatic heterocycles. The van der Waals surface area contributed by atoms with Gasteiger partial charge < -0.3 is 20.4 Å². The van der Waals surface area contributed by atoms with Gasteiger partial charge in [-0.05, 0) is 64.1 Å². The van der Waals surface area contributed by atoms with Gasteiger partial charge in [-0.3, -0.25) is 0 Å². The minimum atomic E-state index is 0.483. The topological polar surface area (TPSA) is 56.3 Å². The summed E-state index contributed by atoms with van der Waals surface area (Å²) in [4.78, 5) is 14.5. The molecule has 1 saturated carbocycles. The predicted molar refractivity (Wildman–Crippen MR) is 120 cm³/mol. The molecule has 1 aromatic rings. The largest absolute Gasteiger partial charge is 0.360 e. The number of nitrogens with zero attached hydrogens (tertiary/aromatic N) is 4. The summed E-state index contributed by atoms with van der Waals surface area (Å²) in [5.41, 5.74) is 0. The van der Waals surface area contributed by atoms with Crippen LogP contribution in [0.15, 0.2) is 6.07 Å². The van der Waals surface area contributed by atoms with E-state index in [4.69, 9.17) is 22.2 Å². The first-order valence-corrected chi connectivity index (χ1v) is 11.6. The van der Waals surface area contributed by atoms with Gasteiger partial charge in [-0.2, -0.15) is 9.97 Å². The second-order valence-electron chi connectivity index (χ2n) is 8.57. The molecule has 154 valence electrons. The average molecular weight is 403 g/mol. The second-order valence-corrected chi connectivity index (χ2v) is 8.98. The van der Waals surface area contributed by atoms with E-state index >= 15 is 0 Å². The highest BCUT2D eigenvalue weighted by molar-refractivity contribution is 7.80. The fourth-order valence-corrected chi connectivity index (χ4v) is 5.00. The van der Waals surface area contributed by atoms with Crippen LogP contribution in [0.2, 0.25) is 0 Å². The van der Waals surface area contributed by atoms with Gasteiger partial charge >= 0.3 is 0 Å². The molecule has 0 unspecified atom stereocenters. The molecule has 0 bridgehead atoms. The minimum Gasteiger partial charge on any atom is -0.360 e. The van der Waals surface area contributed by atoms with Gasteiger partial charge in [0.15, 0.2) is 5.11 Å². The Labute approximate surface area is 174 Å². The molecule has 4 rings (SSSR count). The summed E-state index contributed by atoms with van der Waals surface area (Å²) < 4.78 is 0. The Kier molecular flexibility index (Phi) is 6.50. The molecule has 28 heavy (non-hydrogen) atoms. The third-order valence-corrected chi connectivity index (χ3v) is 6.61. The Bertz CT molecular complexity index is 669. The maximum atomic E-state index is 5.59. The van der Waals surface area contributed by atoms with E-state index in [-0.39, 0.29) is 0 Å². The number of aromatic nitrogens is 2. The van der Waals surface area contributed by atoms with E-state index in [1.807, 2.05) is 0 Å². The molecule has 1 aliphatic carbocycles. The normalized spacial score (nSPS) is 23.7. The highest BCUT2D eigenvalue weighted by Gasteiger charge is 2.23. The lowest BCUT2D eigenvalue weighted by molar-refractivity contribution is 0.414. The van der Waals surface area contributed by atoms with Crippen LogP contribution in [0, 0.1) is 0 Å². The van der Waals surface area contributed by atoms with Gasteiger partial charge in [0.1, 0.15) is 11.6 Å². The third-order valence-electron chi connectivity index (χ3n) is 6.39. The number of thiocarbonyl (C=S) groups is 1. The van der Waals surface area contributed by atoms with Gasteiger partial charge in [0.25, 0.3) is 0 Å². The van der Waals surface area contributed by atoms with Crippen LogP contribution in [0.1, 0.15) is 71.1 Å². The van der Waals surface area contributed by atoms with Crippen molar-refractivity contribution in [2.75, 3.05) is 34.8 Å². The number of anilines is 3. The molecular weight excluding hydrogens is 368 g/mol. The summed E-state index contributed by atoms with van der Waals surface area (Å²) in [5, 5.41) is 7.43. The Morgan fingerprint density at radius 2 is 1.61 bits per heavy atom. The van der Waals surface area contributed by atoms with Crippen molar-refractivity contribution >= 4 is 34.9 Å². The number of hydrogen-bond acceptors (Lipinski definition) is 5. The summed E-state index contributed by atoms with van der Waals surface area (Å²) in [6, 6.07) is 3.18. The van der Waals surface area contributed by atoms with Gasteiger partial charge in [0, 0.05) is 37.8 Å². The number of hydrogen-bond donors (Lipinski definition) is 2. The van der Waals surface area contributed by atoms with Crippen LogP contribution in [0.25, 0.3) is 0 Å². The van der Waals surface area contributed by atoms with Crippen LogP contribution < -0.4 is 20.4 Å². The van der Waals surface area contributed by atoms with Gasteiger partial charge in [-0.15, -0.1) is 0 Å². The highest BCUT2D eigenvalue weighted by Crippen LogP contribution is 2.28. The van der Waals surface area contributed by atoms with Crippen molar-refractivity contribution in [2.24, 2.45) is 0 Å². The van der Waals surface area contributed by atoms with E-state index in [0.717, 1.165) is 31.3 Å². The van der Waals surface area contributed by atoms with E-state index in [1.54, 1.807) is 0 Å². The van der Waals surface area contributed by atoms with Crippen LogP contribution in [0.5, 0.6) is 0 Å². The number of piperidine rings is 1. The Hall–Kier alpha value is -1.63.